The molecule has 0 aliphatic carbocycles. The van der Waals surface area contributed by atoms with Crippen molar-refractivity contribution in [2.75, 3.05) is 30.3 Å². The zero-order valence-electron chi connectivity index (χ0n) is 16.6. The zero-order chi connectivity index (χ0) is 21.3. The van der Waals surface area contributed by atoms with E-state index in [0.717, 1.165) is 32.4 Å². The van der Waals surface area contributed by atoms with E-state index in [1.54, 1.807) is 35.2 Å². The van der Waals surface area contributed by atoms with Gasteiger partial charge in [0.25, 0.3) is 5.91 Å². The zero-order valence-corrected chi connectivity index (χ0v) is 17.4. The van der Waals surface area contributed by atoms with E-state index in [0.29, 0.717) is 22.0 Å². The largest absolute Gasteiger partial charge is 0.339 e. The van der Waals surface area contributed by atoms with Crippen molar-refractivity contribution in [3.8, 4) is 0 Å². The Morgan fingerprint density at radius 1 is 0.933 bits per heavy atom. The summed E-state index contributed by atoms with van der Waals surface area (Å²) in [7, 11) is 0. The minimum atomic E-state index is -0.391. The van der Waals surface area contributed by atoms with E-state index in [-0.39, 0.29) is 24.8 Å². The molecule has 4 amide bonds. The maximum atomic E-state index is 12.9. The third-order valence-electron chi connectivity index (χ3n) is 4.80. The minimum absolute atomic E-state index is 0.0616. The fourth-order valence-corrected chi connectivity index (χ4v) is 3.44. The van der Waals surface area contributed by atoms with Crippen LogP contribution in [0.15, 0.2) is 48.5 Å². The second-order valence-corrected chi connectivity index (χ2v) is 7.52. The second-order valence-electron chi connectivity index (χ2n) is 7.09. The normalized spacial score (nSPS) is 13.4. The van der Waals surface area contributed by atoms with Crippen LogP contribution in [-0.4, -0.2) is 42.4 Å². The molecule has 1 heterocycles. The summed E-state index contributed by atoms with van der Waals surface area (Å²) in [5.41, 5.74) is 1.47. The molecule has 2 aromatic carbocycles. The number of para-hydroxylation sites is 1. The van der Waals surface area contributed by atoms with Crippen molar-refractivity contribution in [2.24, 2.45) is 0 Å². The lowest BCUT2D eigenvalue weighted by atomic mass is 10.1. The number of rotatable bonds is 6. The first-order valence-electron chi connectivity index (χ1n) is 10.0. The van der Waals surface area contributed by atoms with Crippen molar-refractivity contribution < 1.29 is 14.4 Å². The van der Waals surface area contributed by atoms with E-state index in [4.69, 9.17) is 11.6 Å². The molecule has 1 aliphatic heterocycles. The van der Waals surface area contributed by atoms with E-state index in [1.807, 2.05) is 18.2 Å². The number of piperidine rings is 1. The molecule has 0 radical (unpaired) electrons. The third kappa shape index (κ3) is 6.22. The Morgan fingerprint density at radius 3 is 2.40 bits per heavy atom. The highest BCUT2D eigenvalue weighted by atomic mass is 35.5. The van der Waals surface area contributed by atoms with Gasteiger partial charge in [0, 0.05) is 36.8 Å². The van der Waals surface area contributed by atoms with Crippen LogP contribution in [0.1, 0.15) is 36.0 Å². The summed E-state index contributed by atoms with van der Waals surface area (Å²) >= 11 is 6.07. The Bertz CT molecular complexity index is 899. The van der Waals surface area contributed by atoms with Crippen molar-refractivity contribution >= 4 is 40.8 Å². The van der Waals surface area contributed by atoms with Crippen LogP contribution >= 0.6 is 11.6 Å². The Labute approximate surface area is 180 Å². The van der Waals surface area contributed by atoms with Crippen LogP contribution < -0.4 is 16.0 Å². The highest BCUT2D eigenvalue weighted by molar-refractivity contribution is 6.31. The summed E-state index contributed by atoms with van der Waals surface area (Å²) < 4.78 is 0. The van der Waals surface area contributed by atoms with Crippen molar-refractivity contribution in [3.63, 3.8) is 0 Å². The molecule has 3 rings (SSSR count). The van der Waals surface area contributed by atoms with E-state index in [9.17, 15) is 14.4 Å². The number of urea groups is 1. The summed E-state index contributed by atoms with van der Waals surface area (Å²) in [6.45, 7) is 1.59. The van der Waals surface area contributed by atoms with Crippen LogP contribution in [0.5, 0.6) is 0 Å². The number of halogens is 1. The topological polar surface area (TPSA) is 90.5 Å². The van der Waals surface area contributed by atoms with Gasteiger partial charge in [-0.05, 0) is 49.6 Å². The lowest BCUT2D eigenvalue weighted by Gasteiger charge is -2.27. The lowest BCUT2D eigenvalue weighted by molar-refractivity contribution is -0.116. The molecule has 0 atom stereocenters. The molecule has 0 aromatic heterocycles. The van der Waals surface area contributed by atoms with Gasteiger partial charge in [0.1, 0.15) is 0 Å². The lowest BCUT2D eigenvalue weighted by Crippen LogP contribution is -2.36. The molecular formula is C22H25ClN4O3. The van der Waals surface area contributed by atoms with E-state index in [1.165, 1.54) is 0 Å². The number of amides is 4. The Hall–Kier alpha value is -3.06. The molecule has 158 valence electrons. The summed E-state index contributed by atoms with van der Waals surface area (Å²) in [5, 5.41) is 8.50. The molecule has 1 aliphatic rings. The molecule has 8 heteroatoms. The van der Waals surface area contributed by atoms with E-state index < -0.39 is 6.03 Å². The Balaban J connectivity index is 1.53. The standard InChI is InChI=1S/C22H25ClN4O3/c23-16-9-10-18(21(29)27-13-5-2-6-14-27)19(15-16)26-20(28)11-12-24-22(30)25-17-7-3-1-4-8-17/h1,3-4,7-10,15H,2,5-6,11-14H2,(H,26,28)(H2,24,25,30). The summed E-state index contributed by atoms with van der Waals surface area (Å²) in [6.07, 6.45) is 3.15. The monoisotopic (exact) mass is 428 g/mol. The number of nitrogens with one attached hydrogen (secondary N) is 3. The number of carbonyl (C=O) groups excluding carboxylic acids is 3. The number of hydrogen-bond donors (Lipinski definition) is 3. The quantitative estimate of drug-likeness (QED) is 0.646. The van der Waals surface area contributed by atoms with Gasteiger partial charge in [-0.15, -0.1) is 0 Å². The molecule has 0 bridgehead atoms. The average molecular weight is 429 g/mol. The molecule has 0 saturated carbocycles. The Morgan fingerprint density at radius 2 is 1.67 bits per heavy atom. The van der Waals surface area contributed by atoms with Crippen molar-refractivity contribution in [3.05, 3.63) is 59.1 Å². The van der Waals surface area contributed by atoms with Gasteiger partial charge in [0.2, 0.25) is 5.91 Å². The highest BCUT2D eigenvalue weighted by Crippen LogP contribution is 2.24. The maximum absolute atomic E-state index is 12.9. The predicted molar refractivity (Wildman–Crippen MR) is 118 cm³/mol. The van der Waals surface area contributed by atoms with E-state index in [2.05, 4.69) is 16.0 Å². The van der Waals surface area contributed by atoms with Gasteiger partial charge in [0.05, 0.1) is 11.3 Å². The smallest absolute Gasteiger partial charge is 0.319 e. The number of likely N-dealkylation sites (tertiary alicyclic amines) is 1. The summed E-state index contributed by atoms with van der Waals surface area (Å²) in [4.78, 5) is 38.9. The van der Waals surface area contributed by atoms with Crippen molar-refractivity contribution in [1.29, 1.82) is 0 Å². The van der Waals surface area contributed by atoms with Crippen molar-refractivity contribution in [2.45, 2.75) is 25.7 Å². The molecule has 0 spiro atoms. The summed E-state index contributed by atoms with van der Waals surface area (Å²) in [5.74, 6) is -0.424. The first-order chi connectivity index (χ1) is 14.5. The van der Waals surface area contributed by atoms with Gasteiger partial charge in [-0.3, -0.25) is 9.59 Å². The first kappa shape index (κ1) is 21.6. The van der Waals surface area contributed by atoms with Crippen LogP contribution in [0.3, 0.4) is 0 Å². The molecule has 30 heavy (non-hydrogen) atoms. The van der Waals surface area contributed by atoms with Crippen LogP contribution in [0.4, 0.5) is 16.2 Å². The predicted octanol–water partition coefficient (Wildman–Crippen LogP) is 4.12. The number of carbonyl (C=O) groups is 3. The van der Waals surface area contributed by atoms with Crippen LogP contribution in [0.25, 0.3) is 0 Å². The van der Waals surface area contributed by atoms with Gasteiger partial charge < -0.3 is 20.9 Å². The molecular weight excluding hydrogens is 404 g/mol. The fourth-order valence-electron chi connectivity index (χ4n) is 3.27. The van der Waals surface area contributed by atoms with Crippen LogP contribution in [-0.2, 0) is 4.79 Å². The van der Waals surface area contributed by atoms with Crippen LogP contribution in [0.2, 0.25) is 5.02 Å². The average Bonchev–Trinajstić information content (AvgIpc) is 2.75. The maximum Gasteiger partial charge on any atom is 0.319 e. The number of benzene rings is 2. The number of nitrogens with zero attached hydrogens (tertiary/aromatic N) is 1. The minimum Gasteiger partial charge on any atom is -0.339 e. The molecule has 1 saturated heterocycles. The Kier molecular flexibility index (Phi) is 7.68. The van der Waals surface area contributed by atoms with E-state index >= 15 is 0 Å². The van der Waals surface area contributed by atoms with Crippen LogP contribution in [0, 0.1) is 0 Å². The van der Waals surface area contributed by atoms with Gasteiger partial charge in [-0.25, -0.2) is 4.79 Å². The van der Waals surface area contributed by atoms with Gasteiger partial charge in [-0.1, -0.05) is 29.8 Å². The van der Waals surface area contributed by atoms with Gasteiger partial charge in [0.15, 0.2) is 0 Å². The summed E-state index contributed by atoms with van der Waals surface area (Å²) in [6, 6.07) is 13.5. The van der Waals surface area contributed by atoms with Gasteiger partial charge in [-0.2, -0.15) is 0 Å². The molecule has 7 nitrogen and oxygen atoms in total. The third-order valence-corrected chi connectivity index (χ3v) is 5.03. The molecule has 1 fully saturated rings. The molecule has 3 N–H and O–H groups in total. The molecule has 0 unspecified atom stereocenters. The number of anilines is 2. The SMILES string of the molecule is O=C(CCNC(=O)Nc1ccccc1)Nc1cc(Cl)ccc1C(=O)N1CCCCC1. The number of hydrogen-bond acceptors (Lipinski definition) is 3. The highest BCUT2D eigenvalue weighted by Gasteiger charge is 2.21. The molecule has 2 aromatic rings. The fraction of sp³-hybridized carbons (Fsp3) is 0.318. The first-order valence-corrected chi connectivity index (χ1v) is 10.4. The second kappa shape index (κ2) is 10.6. The van der Waals surface area contributed by atoms with Gasteiger partial charge >= 0.3 is 6.03 Å². The van der Waals surface area contributed by atoms with Crippen molar-refractivity contribution in [1.82, 2.24) is 10.2 Å².